The Bertz CT molecular complexity index is 323. The highest BCUT2D eigenvalue weighted by Gasteiger charge is 2.07. The van der Waals surface area contributed by atoms with Crippen LogP contribution >= 0.6 is 15.9 Å². The highest BCUT2D eigenvalue weighted by Crippen LogP contribution is 2.14. The van der Waals surface area contributed by atoms with Crippen LogP contribution in [0.4, 0.5) is 4.39 Å². The van der Waals surface area contributed by atoms with Gasteiger partial charge in [0.2, 0.25) is 0 Å². The Morgan fingerprint density at radius 2 is 2.24 bits per heavy atom. The van der Waals surface area contributed by atoms with Gasteiger partial charge in [-0.05, 0) is 30.2 Å². The molecule has 0 saturated heterocycles. The topological polar surface area (TPSA) is 41.5 Å². The smallest absolute Gasteiger partial charge is 0.124 e. The van der Waals surface area contributed by atoms with Gasteiger partial charge in [0.1, 0.15) is 5.82 Å². The molecule has 5 heteroatoms. The zero-order chi connectivity index (χ0) is 12.7. The Labute approximate surface area is 109 Å². The molecule has 0 bridgehead atoms. The fourth-order valence-electron chi connectivity index (χ4n) is 1.58. The molecule has 1 atom stereocenters. The minimum atomic E-state index is -0.262. The van der Waals surface area contributed by atoms with Crippen LogP contribution in [-0.4, -0.2) is 31.5 Å². The van der Waals surface area contributed by atoms with Gasteiger partial charge in [0.05, 0.1) is 6.61 Å². The number of ether oxygens (including phenoxy) is 1. The molecule has 17 heavy (non-hydrogen) atoms. The number of rotatable bonds is 7. The van der Waals surface area contributed by atoms with E-state index in [0.29, 0.717) is 19.6 Å². The molecule has 0 heterocycles. The first-order valence-electron chi connectivity index (χ1n) is 5.44. The minimum Gasteiger partial charge on any atom is -0.396 e. The molecule has 1 aromatic rings. The number of halogens is 2. The molecule has 0 spiro atoms. The van der Waals surface area contributed by atoms with Gasteiger partial charge in [0.25, 0.3) is 0 Å². The Hall–Kier alpha value is -0.490. The van der Waals surface area contributed by atoms with Gasteiger partial charge in [0, 0.05) is 30.8 Å². The van der Waals surface area contributed by atoms with Gasteiger partial charge in [-0.15, -0.1) is 0 Å². The quantitative estimate of drug-likeness (QED) is 0.810. The lowest BCUT2D eigenvalue weighted by molar-refractivity contribution is 0.148. The third-order valence-electron chi connectivity index (χ3n) is 2.36. The number of hydrogen-bond donors (Lipinski definition) is 2. The summed E-state index contributed by atoms with van der Waals surface area (Å²) in [7, 11) is 1.62. The second-order valence-corrected chi connectivity index (χ2v) is 4.74. The zero-order valence-corrected chi connectivity index (χ0v) is 11.3. The summed E-state index contributed by atoms with van der Waals surface area (Å²) >= 11 is 3.25. The summed E-state index contributed by atoms with van der Waals surface area (Å²) < 4.78 is 18.9. The number of aliphatic hydroxyl groups excluding tert-OH is 1. The molecule has 3 nitrogen and oxygen atoms in total. The van der Waals surface area contributed by atoms with E-state index in [4.69, 9.17) is 9.84 Å². The van der Waals surface area contributed by atoms with Gasteiger partial charge in [-0.1, -0.05) is 15.9 Å². The van der Waals surface area contributed by atoms with Gasteiger partial charge in [-0.25, -0.2) is 4.39 Å². The van der Waals surface area contributed by atoms with Crippen LogP contribution in [0.1, 0.15) is 12.0 Å². The third kappa shape index (κ3) is 5.59. The summed E-state index contributed by atoms with van der Waals surface area (Å²) in [6.45, 7) is 1.18. The molecule has 0 amide bonds. The monoisotopic (exact) mass is 305 g/mol. The fraction of sp³-hybridized carbons (Fsp3) is 0.500. The molecular weight excluding hydrogens is 289 g/mol. The number of aliphatic hydroxyl groups is 1. The van der Waals surface area contributed by atoms with Crippen molar-refractivity contribution >= 4 is 15.9 Å². The number of nitrogens with one attached hydrogen (secondary N) is 1. The van der Waals surface area contributed by atoms with Gasteiger partial charge in [0.15, 0.2) is 0 Å². The first-order chi connectivity index (χ1) is 8.15. The van der Waals surface area contributed by atoms with E-state index in [1.54, 1.807) is 7.11 Å². The molecule has 0 saturated carbocycles. The number of hydrogen-bond acceptors (Lipinski definition) is 3. The number of methoxy groups -OCH3 is 1. The van der Waals surface area contributed by atoms with Crippen LogP contribution in [0.15, 0.2) is 22.7 Å². The maximum absolute atomic E-state index is 13.1. The predicted molar refractivity (Wildman–Crippen MR) is 68.3 cm³/mol. The molecule has 2 N–H and O–H groups in total. The van der Waals surface area contributed by atoms with E-state index in [0.717, 1.165) is 10.0 Å². The van der Waals surface area contributed by atoms with E-state index in [2.05, 4.69) is 21.2 Å². The molecule has 96 valence electrons. The normalized spacial score (nSPS) is 12.7. The first-order valence-corrected chi connectivity index (χ1v) is 6.23. The van der Waals surface area contributed by atoms with Crippen molar-refractivity contribution in [2.75, 3.05) is 20.3 Å². The summed E-state index contributed by atoms with van der Waals surface area (Å²) in [5.41, 5.74) is 0.857. The molecule has 0 aromatic heterocycles. The minimum absolute atomic E-state index is 0.0760. The van der Waals surface area contributed by atoms with Gasteiger partial charge in [-0.2, -0.15) is 0 Å². The maximum Gasteiger partial charge on any atom is 0.124 e. The van der Waals surface area contributed by atoms with Crippen molar-refractivity contribution in [3.05, 3.63) is 34.1 Å². The summed E-state index contributed by atoms with van der Waals surface area (Å²) in [6.07, 6.45) is 0.615. The Morgan fingerprint density at radius 3 is 2.82 bits per heavy atom. The summed E-state index contributed by atoms with van der Waals surface area (Å²) in [5.74, 6) is -0.262. The van der Waals surface area contributed by atoms with E-state index in [-0.39, 0.29) is 18.5 Å². The second kappa shape index (κ2) is 7.76. The lowest BCUT2D eigenvalue weighted by Gasteiger charge is -2.16. The SMILES string of the molecule is COCC(CCO)NCc1cc(F)cc(Br)c1. The summed E-state index contributed by atoms with van der Waals surface area (Å²) in [4.78, 5) is 0. The van der Waals surface area contributed by atoms with Crippen LogP contribution in [0.3, 0.4) is 0 Å². The molecule has 0 fully saturated rings. The molecule has 1 aromatic carbocycles. The van der Waals surface area contributed by atoms with Crippen LogP contribution in [-0.2, 0) is 11.3 Å². The largest absolute Gasteiger partial charge is 0.396 e. The third-order valence-corrected chi connectivity index (χ3v) is 2.82. The van der Waals surface area contributed by atoms with Crippen molar-refractivity contribution < 1.29 is 14.2 Å². The van der Waals surface area contributed by atoms with E-state index >= 15 is 0 Å². The van der Waals surface area contributed by atoms with E-state index in [9.17, 15) is 4.39 Å². The zero-order valence-electron chi connectivity index (χ0n) is 9.75. The van der Waals surface area contributed by atoms with E-state index < -0.39 is 0 Å². The summed E-state index contributed by atoms with van der Waals surface area (Å²) in [5, 5.41) is 12.1. The van der Waals surface area contributed by atoms with Crippen molar-refractivity contribution in [1.29, 1.82) is 0 Å². The highest BCUT2D eigenvalue weighted by atomic mass is 79.9. The maximum atomic E-state index is 13.1. The van der Waals surface area contributed by atoms with Crippen molar-refractivity contribution in [2.24, 2.45) is 0 Å². The molecule has 0 aliphatic rings. The second-order valence-electron chi connectivity index (χ2n) is 3.82. The Balaban J connectivity index is 2.52. The van der Waals surface area contributed by atoms with Crippen LogP contribution in [0.5, 0.6) is 0 Å². The van der Waals surface area contributed by atoms with Crippen molar-refractivity contribution in [3.63, 3.8) is 0 Å². The highest BCUT2D eigenvalue weighted by molar-refractivity contribution is 9.10. The number of benzene rings is 1. The average molecular weight is 306 g/mol. The van der Waals surface area contributed by atoms with E-state index in [1.165, 1.54) is 12.1 Å². The Kier molecular flexibility index (Phi) is 6.65. The van der Waals surface area contributed by atoms with Crippen molar-refractivity contribution in [2.45, 2.75) is 19.0 Å². The average Bonchev–Trinajstić information content (AvgIpc) is 2.25. The van der Waals surface area contributed by atoms with Gasteiger partial charge >= 0.3 is 0 Å². The van der Waals surface area contributed by atoms with Crippen LogP contribution in [0, 0.1) is 5.82 Å². The van der Waals surface area contributed by atoms with Crippen LogP contribution in [0.25, 0.3) is 0 Å². The molecule has 0 radical (unpaired) electrons. The van der Waals surface area contributed by atoms with Crippen LogP contribution in [0.2, 0.25) is 0 Å². The van der Waals surface area contributed by atoms with Crippen LogP contribution < -0.4 is 5.32 Å². The van der Waals surface area contributed by atoms with Gasteiger partial charge < -0.3 is 15.2 Å². The molecule has 0 aliphatic carbocycles. The van der Waals surface area contributed by atoms with Gasteiger partial charge in [-0.3, -0.25) is 0 Å². The Morgan fingerprint density at radius 1 is 1.47 bits per heavy atom. The fourth-order valence-corrected chi connectivity index (χ4v) is 2.09. The van der Waals surface area contributed by atoms with Crippen molar-refractivity contribution in [1.82, 2.24) is 5.32 Å². The molecule has 0 aliphatic heterocycles. The summed E-state index contributed by atoms with van der Waals surface area (Å²) in [6, 6.07) is 4.84. The molecular formula is C12H17BrFNO2. The molecule has 1 unspecified atom stereocenters. The lowest BCUT2D eigenvalue weighted by Crippen LogP contribution is -2.33. The molecule has 1 rings (SSSR count). The standard InChI is InChI=1S/C12H17BrFNO2/c1-17-8-12(2-3-16)15-7-9-4-10(13)6-11(14)5-9/h4-6,12,15-16H,2-3,7-8H2,1H3. The lowest BCUT2D eigenvalue weighted by atomic mass is 10.2. The first kappa shape index (κ1) is 14.6. The van der Waals surface area contributed by atoms with Crippen molar-refractivity contribution in [3.8, 4) is 0 Å². The van der Waals surface area contributed by atoms with E-state index in [1.807, 2.05) is 6.07 Å². The predicted octanol–water partition coefficient (Wildman–Crippen LogP) is 2.08.